The van der Waals surface area contributed by atoms with Gasteiger partial charge in [-0.15, -0.1) is 0 Å². The van der Waals surface area contributed by atoms with Crippen LogP contribution < -0.4 is 11.1 Å². The fraction of sp³-hybridized carbons (Fsp3) is 0.556. The first kappa shape index (κ1) is 16.6. The van der Waals surface area contributed by atoms with Crippen LogP contribution in [0.4, 0.5) is 10.5 Å². The number of hydrogen-bond acceptors (Lipinski definition) is 3. The van der Waals surface area contributed by atoms with Crippen molar-refractivity contribution in [3.63, 3.8) is 0 Å². The van der Waals surface area contributed by atoms with Crippen LogP contribution in [-0.2, 0) is 0 Å². The summed E-state index contributed by atoms with van der Waals surface area (Å²) in [5.41, 5.74) is 6.95. The van der Waals surface area contributed by atoms with Crippen molar-refractivity contribution in [3.05, 3.63) is 29.8 Å². The highest BCUT2D eigenvalue weighted by Gasteiger charge is 2.26. The van der Waals surface area contributed by atoms with Crippen molar-refractivity contribution in [2.24, 2.45) is 0 Å². The van der Waals surface area contributed by atoms with E-state index in [9.17, 15) is 9.59 Å². The zero-order valence-corrected chi connectivity index (χ0v) is 14.0. The van der Waals surface area contributed by atoms with Crippen molar-refractivity contribution in [3.8, 4) is 0 Å². The number of piperazine rings is 1. The first-order valence-electron chi connectivity index (χ1n) is 8.84. The van der Waals surface area contributed by atoms with Gasteiger partial charge in [-0.1, -0.05) is 19.3 Å². The quantitative estimate of drug-likeness (QED) is 0.815. The molecule has 1 aliphatic heterocycles. The minimum atomic E-state index is 0.00217. The molecule has 0 unspecified atom stereocenters. The van der Waals surface area contributed by atoms with E-state index in [0.717, 1.165) is 12.8 Å². The van der Waals surface area contributed by atoms with Crippen LogP contribution in [0.3, 0.4) is 0 Å². The van der Waals surface area contributed by atoms with Crippen LogP contribution in [0.15, 0.2) is 24.3 Å². The second kappa shape index (κ2) is 7.55. The number of hydrogen-bond donors (Lipinski definition) is 2. The number of nitrogens with one attached hydrogen (secondary N) is 1. The smallest absolute Gasteiger partial charge is 0.317 e. The van der Waals surface area contributed by atoms with Crippen molar-refractivity contribution < 1.29 is 9.59 Å². The van der Waals surface area contributed by atoms with Crippen molar-refractivity contribution in [2.75, 3.05) is 31.9 Å². The topological polar surface area (TPSA) is 78.7 Å². The van der Waals surface area contributed by atoms with Crippen LogP contribution in [0.2, 0.25) is 0 Å². The van der Waals surface area contributed by atoms with Crippen molar-refractivity contribution >= 4 is 17.6 Å². The molecule has 0 radical (unpaired) electrons. The first-order valence-corrected chi connectivity index (χ1v) is 8.84. The minimum Gasteiger partial charge on any atom is -0.399 e. The van der Waals surface area contributed by atoms with E-state index in [2.05, 4.69) is 5.32 Å². The van der Waals surface area contributed by atoms with E-state index in [1.54, 1.807) is 29.2 Å². The molecule has 0 aromatic heterocycles. The Bertz CT molecular complexity index is 573. The number of amides is 3. The summed E-state index contributed by atoms with van der Waals surface area (Å²) in [5, 5.41) is 3.14. The van der Waals surface area contributed by atoms with Gasteiger partial charge in [-0.25, -0.2) is 4.79 Å². The number of urea groups is 1. The van der Waals surface area contributed by atoms with Gasteiger partial charge in [0.15, 0.2) is 0 Å². The lowest BCUT2D eigenvalue weighted by Gasteiger charge is -2.36. The summed E-state index contributed by atoms with van der Waals surface area (Å²) in [5.74, 6) is 0.00217. The van der Waals surface area contributed by atoms with Gasteiger partial charge in [0.1, 0.15) is 0 Å². The highest BCUT2D eigenvalue weighted by atomic mass is 16.2. The van der Waals surface area contributed by atoms with E-state index in [0.29, 0.717) is 43.5 Å². The number of anilines is 1. The highest BCUT2D eigenvalue weighted by molar-refractivity contribution is 5.94. The van der Waals surface area contributed by atoms with Crippen LogP contribution in [-0.4, -0.2) is 54.0 Å². The molecule has 6 heteroatoms. The van der Waals surface area contributed by atoms with Gasteiger partial charge in [0.2, 0.25) is 0 Å². The average Bonchev–Trinajstić information content (AvgIpc) is 2.63. The predicted molar refractivity (Wildman–Crippen MR) is 93.7 cm³/mol. The molecular formula is C18H26N4O2. The first-order chi connectivity index (χ1) is 11.6. The summed E-state index contributed by atoms with van der Waals surface area (Å²) in [7, 11) is 0. The van der Waals surface area contributed by atoms with Gasteiger partial charge in [-0.2, -0.15) is 0 Å². The Morgan fingerprint density at radius 3 is 2.12 bits per heavy atom. The number of nitrogens with two attached hydrogens (primary N) is 1. The molecule has 1 heterocycles. The van der Waals surface area contributed by atoms with Crippen LogP contribution >= 0.6 is 0 Å². The molecule has 0 bridgehead atoms. The van der Waals surface area contributed by atoms with E-state index in [-0.39, 0.29) is 11.9 Å². The summed E-state index contributed by atoms with van der Waals surface area (Å²) >= 11 is 0. The maximum absolute atomic E-state index is 12.5. The zero-order chi connectivity index (χ0) is 16.9. The number of benzene rings is 1. The van der Waals surface area contributed by atoms with Gasteiger partial charge in [0.25, 0.3) is 5.91 Å². The lowest BCUT2D eigenvalue weighted by Crippen LogP contribution is -2.54. The van der Waals surface area contributed by atoms with Crippen LogP contribution in [0.5, 0.6) is 0 Å². The fourth-order valence-corrected chi connectivity index (χ4v) is 3.43. The molecule has 2 aliphatic rings. The normalized spacial score (nSPS) is 19.2. The maximum atomic E-state index is 12.5. The Hall–Kier alpha value is -2.24. The van der Waals surface area contributed by atoms with Gasteiger partial charge in [-0.05, 0) is 37.1 Å². The number of nitrogens with zero attached hydrogens (tertiary/aromatic N) is 2. The van der Waals surface area contributed by atoms with Crippen molar-refractivity contribution in [2.45, 2.75) is 38.1 Å². The number of nitrogen functional groups attached to an aromatic ring is 1. The number of carbonyl (C=O) groups excluding carboxylic acids is 2. The molecule has 1 aromatic rings. The van der Waals surface area contributed by atoms with Crippen molar-refractivity contribution in [1.82, 2.24) is 15.1 Å². The molecule has 3 amide bonds. The predicted octanol–water partition coefficient (Wildman–Crippen LogP) is 2.07. The third-order valence-corrected chi connectivity index (χ3v) is 4.94. The summed E-state index contributed by atoms with van der Waals surface area (Å²) < 4.78 is 0. The second-order valence-electron chi connectivity index (χ2n) is 6.69. The van der Waals surface area contributed by atoms with Gasteiger partial charge >= 0.3 is 6.03 Å². The molecule has 24 heavy (non-hydrogen) atoms. The molecule has 2 fully saturated rings. The van der Waals surface area contributed by atoms with Gasteiger partial charge in [0.05, 0.1) is 0 Å². The lowest BCUT2D eigenvalue weighted by atomic mass is 9.96. The molecule has 1 aromatic carbocycles. The second-order valence-corrected chi connectivity index (χ2v) is 6.69. The molecule has 0 spiro atoms. The molecule has 1 saturated carbocycles. The summed E-state index contributed by atoms with van der Waals surface area (Å²) in [6, 6.07) is 7.31. The van der Waals surface area contributed by atoms with Crippen molar-refractivity contribution in [1.29, 1.82) is 0 Å². The largest absolute Gasteiger partial charge is 0.399 e. The molecule has 1 saturated heterocycles. The van der Waals surface area contributed by atoms with Crippen LogP contribution in [0, 0.1) is 0 Å². The van der Waals surface area contributed by atoms with Crippen LogP contribution in [0.1, 0.15) is 42.5 Å². The van der Waals surface area contributed by atoms with Gasteiger partial charge < -0.3 is 20.9 Å². The standard InChI is InChI=1S/C18H26N4O2/c19-15-8-6-14(7-9-15)17(23)21-10-12-22(13-11-21)18(24)20-16-4-2-1-3-5-16/h6-9,16H,1-5,10-13,19H2,(H,20,24). The Balaban J connectivity index is 1.48. The van der Waals surface area contributed by atoms with E-state index < -0.39 is 0 Å². The van der Waals surface area contributed by atoms with Gasteiger partial charge in [-0.3, -0.25) is 4.79 Å². The molecule has 1 aliphatic carbocycles. The Kier molecular flexibility index (Phi) is 5.23. The molecule has 130 valence electrons. The van der Waals surface area contributed by atoms with E-state index in [1.807, 2.05) is 4.90 Å². The molecule has 3 N–H and O–H groups in total. The van der Waals surface area contributed by atoms with Gasteiger partial charge in [0, 0.05) is 43.5 Å². The molecule has 3 rings (SSSR count). The minimum absolute atomic E-state index is 0.00217. The Labute approximate surface area is 143 Å². The SMILES string of the molecule is Nc1ccc(C(=O)N2CCN(C(=O)NC3CCCCC3)CC2)cc1. The molecule has 0 atom stereocenters. The lowest BCUT2D eigenvalue weighted by molar-refractivity contribution is 0.0662. The Morgan fingerprint density at radius 1 is 0.917 bits per heavy atom. The fourth-order valence-electron chi connectivity index (χ4n) is 3.43. The monoisotopic (exact) mass is 330 g/mol. The molecular weight excluding hydrogens is 304 g/mol. The third kappa shape index (κ3) is 3.99. The number of carbonyl (C=O) groups is 2. The summed E-state index contributed by atoms with van der Waals surface area (Å²) in [6.45, 7) is 2.31. The highest BCUT2D eigenvalue weighted by Crippen LogP contribution is 2.18. The van der Waals surface area contributed by atoms with E-state index in [4.69, 9.17) is 5.73 Å². The Morgan fingerprint density at radius 2 is 1.50 bits per heavy atom. The average molecular weight is 330 g/mol. The van der Waals surface area contributed by atoms with E-state index in [1.165, 1.54) is 19.3 Å². The molecule has 6 nitrogen and oxygen atoms in total. The summed E-state index contributed by atoms with van der Waals surface area (Å²) in [4.78, 5) is 28.4. The summed E-state index contributed by atoms with van der Waals surface area (Å²) in [6.07, 6.45) is 5.85. The van der Waals surface area contributed by atoms with E-state index >= 15 is 0 Å². The zero-order valence-electron chi connectivity index (χ0n) is 14.0. The van der Waals surface area contributed by atoms with Crippen LogP contribution in [0.25, 0.3) is 0 Å². The third-order valence-electron chi connectivity index (χ3n) is 4.94. The maximum Gasteiger partial charge on any atom is 0.317 e. The number of rotatable bonds is 2.